The Morgan fingerprint density at radius 1 is 1.47 bits per heavy atom. The summed E-state index contributed by atoms with van der Waals surface area (Å²) in [7, 11) is 4.10. The van der Waals surface area contributed by atoms with Crippen molar-refractivity contribution in [3.05, 3.63) is 18.5 Å². The molecule has 0 unspecified atom stereocenters. The lowest BCUT2D eigenvalue weighted by Crippen LogP contribution is -2.49. The van der Waals surface area contributed by atoms with Gasteiger partial charge < -0.3 is 14.7 Å². The second kappa shape index (κ2) is 7.00. The zero-order valence-electron chi connectivity index (χ0n) is 11.8. The second-order valence-electron chi connectivity index (χ2n) is 5.40. The summed E-state index contributed by atoms with van der Waals surface area (Å²) in [5, 5.41) is 14.2. The number of rotatable bonds is 6. The molecule has 0 spiro atoms. The van der Waals surface area contributed by atoms with Crippen molar-refractivity contribution in [2.24, 2.45) is 0 Å². The smallest absolute Gasteiger partial charge is 0.0862 e. The van der Waals surface area contributed by atoms with Crippen LogP contribution in [0.5, 0.6) is 0 Å². The van der Waals surface area contributed by atoms with E-state index in [1.54, 1.807) is 10.9 Å². The Hall–Kier alpha value is -0.950. The van der Waals surface area contributed by atoms with Gasteiger partial charge in [0.15, 0.2) is 0 Å². The molecule has 1 fully saturated rings. The number of hydrogen-bond donors (Lipinski definition) is 1. The Kier molecular flexibility index (Phi) is 5.33. The van der Waals surface area contributed by atoms with E-state index in [0.29, 0.717) is 13.1 Å². The molecule has 1 aliphatic rings. The fraction of sp³-hybridized carbons (Fsp3) is 0.769. The summed E-state index contributed by atoms with van der Waals surface area (Å²) in [5.74, 6) is 0. The lowest BCUT2D eigenvalue weighted by atomic mass is 10.2. The Balaban J connectivity index is 1.75. The fourth-order valence-electron chi connectivity index (χ4n) is 2.44. The number of ether oxygens (including phenoxy) is 1. The number of aliphatic hydroxyl groups excluding tert-OH is 1. The summed E-state index contributed by atoms with van der Waals surface area (Å²) in [5.41, 5.74) is 0. The van der Waals surface area contributed by atoms with E-state index in [1.807, 2.05) is 12.3 Å². The van der Waals surface area contributed by atoms with E-state index in [4.69, 9.17) is 4.74 Å². The van der Waals surface area contributed by atoms with Crippen molar-refractivity contribution < 1.29 is 9.84 Å². The SMILES string of the molecule is CN(C)C[C@H]1CN(C[C@@H](O)Cn2cccn2)CCO1. The molecular weight excluding hydrogens is 244 g/mol. The molecule has 1 saturated heterocycles. The van der Waals surface area contributed by atoms with E-state index in [0.717, 1.165) is 26.2 Å². The first kappa shape index (κ1) is 14.5. The molecule has 0 bridgehead atoms. The van der Waals surface area contributed by atoms with Crippen molar-refractivity contribution in [1.82, 2.24) is 19.6 Å². The third-order valence-corrected chi connectivity index (χ3v) is 3.22. The zero-order chi connectivity index (χ0) is 13.7. The maximum absolute atomic E-state index is 10.1. The molecule has 2 rings (SSSR count). The van der Waals surface area contributed by atoms with Gasteiger partial charge in [0.2, 0.25) is 0 Å². The molecule has 6 nitrogen and oxygen atoms in total. The van der Waals surface area contributed by atoms with Crippen LogP contribution in [0.15, 0.2) is 18.5 Å². The molecule has 19 heavy (non-hydrogen) atoms. The standard InChI is InChI=1S/C13H24N4O2/c1-15(2)10-13-11-16(6-7-19-13)8-12(18)9-17-5-3-4-14-17/h3-5,12-13,18H,6-11H2,1-2H3/t12-,13+/m1/s1. The quantitative estimate of drug-likeness (QED) is 0.754. The first-order valence-corrected chi connectivity index (χ1v) is 6.77. The van der Waals surface area contributed by atoms with Crippen molar-refractivity contribution in [3.8, 4) is 0 Å². The molecule has 2 heterocycles. The summed E-state index contributed by atoms with van der Waals surface area (Å²) < 4.78 is 7.49. The van der Waals surface area contributed by atoms with Gasteiger partial charge in [0.05, 0.1) is 25.4 Å². The summed E-state index contributed by atoms with van der Waals surface area (Å²) in [6, 6.07) is 1.87. The van der Waals surface area contributed by atoms with Gasteiger partial charge in [-0.15, -0.1) is 0 Å². The highest BCUT2D eigenvalue weighted by molar-refractivity contribution is 4.80. The lowest BCUT2D eigenvalue weighted by Gasteiger charge is -2.35. The Bertz CT molecular complexity index is 356. The molecule has 1 aromatic heterocycles. The van der Waals surface area contributed by atoms with Crippen molar-refractivity contribution in [1.29, 1.82) is 0 Å². The van der Waals surface area contributed by atoms with Gasteiger partial charge in [0.1, 0.15) is 0 Å². The Morgan fingerprint density at radius 3 is 3.00 bits per heavy atom. The molecule has 1 aromatic rings. The number of nitrogens with zero attached hydrogens (tertiary/aromatic N) is 4. The zero-order valence-corrected chi connectivity index (χ0v) is 11.8. The predicted molar refractivity (Wildman–Crippen MR) is 73.0 cm³/mol. The van der Waals surface area contributed by atoms with Gasteiger partial charge in [0, 0.05) is 38.6 Å². The van der Waals surface area contributed by atoms with Gasteiger partial charge in [0.25, 0.3) is 0 Å². The van der Waals surface area contributed by atoms with E-state index in [9.17, 15) is 5.11 Å². The average molecular weight is 268 g/mol. The van der Waals surface area contributed by atoms with Crippen molar-refractivity contribution in [3.63, 3.8) is 0 Å². The third kappa shape index (κ3) is 4.91. The van der Waals surface area contributed by atoms with Crippen LogP contribution in [0, 0.1) is 0 Å². The Morgan fingerprint density at radius 2 is 2.32 bits per heavy atom. The molecule has 1 N–H and O–H groups in total. The van der Waals surface area contributed by atoms with Crippen LogP contribution in [0.1, 0.15) is 0 Å². The van der Waals surface area contributed by atoms with Gasteiger partial charge in [-0.25, -0.2) is 0 Å². The molecule has 6 heteroatoms. The first-order chi connectivity index (χ1) is 9.13. The summed E-state index contributed by atoms with van der Waals surface area (Å²) in [6.45, 7) is 4.66. The van der Waals surface area contributed by atoms with Gasteiger partial charge in [-0.2, -0.15) is 5.10 Å². The predicted octanol–water partition coefficient (Wildman–Crippen LogP) is -0.494. The van der Waals surface area contributed by atoms with E-state index < -0.39 is 6.10 Å². The summed E-state index contributed by atoms with van der Waals surface area (Å²) in [6.07, 6.45) is 3.45. The molecule has 0 saturated carbocycles. The molecule has 0 aromatic carbocycles. The lowest BCUT2D eigenvalue weighted by molar-refractivity contribution is -0.0500. The maximum atomic E-state index is 10.1. The van der Waals surface area contributed by atoms with Crippen LogP contribution in [0.4, 0.5) is 0 Å². The number of morpholine rings is 1. The average Bonchev–Trinajstić information content (AvgIpc) is 2.81. The molecule has 0 radical (unpaired) electrons. The van der Waals surface area contributed by atoms with Crippen LogP contribution in [-0.4, -0.2) is 83.8 Å². The highest BCUT2D eigenvalue weighted by Crippen LogP contribution is 2.07. The van der Waals surface area contributed by atoms with Crippen LogP contribution in [0.25, 0.3) is 0 Å². The van der Waals surface area contributed by atoms with Crippen LogP contribution in [-0.2, 0) is 11.3 Å². The molecule has 1 aliphatic heterocycles. The topological polar surface area (TPSA) is 53.8 Å². The first-order valence-electron chi connectivity index (χ1n) is 6.77. The normalized spacial score (nSPS) is 22.8. The number of aliphatic hydroxyl groups is 1. The second-order valence-corrected chi connectivity index (χ2v) is 5.40. The van der Waals surface area contributed by atoms with Gasteiger partial charge in [-0.05, 0) is 20.2 Å². The third-order valence-electron chi connectivity index (χ3n) is 3.22. The molecule has 108 valence electrons. The van der Waals surface area contributed by atoms with Crippen molar-refractivity contribution in [2.75, 3.05) is 46.9 Å². The summed E-state index contributed by atoms with van der Waals surface area (Å²) in [4.78, 5) is 4.40. The minimum absolute atomic E-state index is 0.237. The van der Waals surface area contributed by atoms with Crippen molar-refractivity contribution >= 4 is 0 Å². The van der Waals surface area contributed by atoms with Gasteiger partial charge >= 0.3 is 0 Å². The van der Waals surface area contributed by atoms with E-state index in [1.165, 1.54) is 0 Å². The minimum atomic E-state index is -0.391. The van der Waals surface area contributed by atoms with Crippen LogP contribution in [0.3, 0.4) is 0 Å². The molecule has 0 aliphatic carbocycles. The maximum Gasteiger partial charge on any atom is 0.0862 e. The van der Waals surface area contributed by atoms with E-state index in [-0.39, 0.29) is 6.10 Å². The highest BCUT2D eigenvalue weighted by atomic mass is 16.5. The van der Waals surface area contributed by atoms with Crippen LogP contribution in [0.2, 0.25) is 0 Å². The highest BCUT2D eigenvalue weighted by Gasteiger charge is 2.22. The van der Waals surface area contributed by atoms with Crippen molar-refractivity contribution in [2.45, 2.75) is 18.8 Å². The van der Waals surface area contributed by atoms with Crippen LogP contribution < -0.4 is 0 Å². The number of likely N-dealkylation sites (N-methyl/N-ethyl adjacent to an activating group) is 1. The molecular formula is C13H24N4O2. The monoisotopic (exact) mass is 268 g/mol. The van der Waals surface area contributed by atoms with Gasteiger partial charge in [-0.1, -0.05) is 0 Å². The fourth-order valence-corrected chi connectivity index (χ4v) is 2.44. The number of hydrogen-bond acceptors (Lipinski definition) is 5. The largest absolute Gasteiger partial charge is 0.390 e. The Labute approximate surface area is 114 Å². The number of aromatic nitrogens is 2. The minimum Gasteiger partial charge on any atom is -0.390 e. The molecule has 0 amide bonds. The van der Waals surface area contributed by atoms with E-state index in [2.05, 4.69) is 29.0 Å². The summed E-state index contributed by atoms with van der Waals surface area (Å²) >= 11 is 0. The van der Waals surface area contributed by atoms with E-state index >= 15 is 0 Å². The van der Waals surface area contributed by atoms with Gasteiger partial charge in [-0.3, -0.25) is 9.58 Å². The molecule has 2 atom stereocenters. The number of β-amino-alcohol motifs (C(OH)–C–C–N with tert-alkyl or cyclic N) is 1. The van der Waals surface area contributed by atoms with Crippen LogP contribution >= 0.6 is 0 Å².